The molecule has 2 heteroatoms. The Morgan fingerprint density at radius 2 is 2.09 bits per heavy atom. The minimum Gasteiger partial charge on any atom is -0.298 e. The van der Waals surface area contributed by atoms with Crippen LogP contribution >= 0.6 is 0 Å². The van der Waals surface area contributed by atoms with Gasteiger partial charge < -0.3 is 0 Å². The first kappa shape index (κ1) is 8.21. The molecule has 0 aliphatic carbocycles. The molecule has 0 aromatic heterocycles. The Hall–Kier alpha value is -0.890. The number of likely N-dealkylation sites (N-methyl/N-ethyl adjacent to an activating group) is 1. The molecule has 11 heavy (non-hydrogen) atoms. The van der Waals surface area contributed by atoms with E-state index in [1.165, 1.54) is 11.1 Å². The van der Waals surface area contributed by atoms with Gasteiger partial charge in [-0.3, -0.25) is 9.89 Å². The van der Waals surface area contributed by atoms with Gasteiger partial charge in [-0.1, -0.05) is 12.7 Å². The summed E-state index contributed by atoms with van der Waals surface area (Å²) >= 11 is 0. The minimum atomic E-state index is 0.999. The second kappa shape index (κ2) is 3.49. The van der Waals surface area contributed by atoms with Gasteiger partial charge in [0, 0.05) is 26.4 Å². The summed E-state index contributed by atoms with van der Waals surface area (Å²) in [5.41, 5.74) is 2.60. The Morgan fingerprint density at radius 3 is 2.64 bits per heavy atom. The van der Waals surface area contributed by atoms with Gasteiger partial charge in [0.15, 0.2) is 0 Å². The highest BCUT2D eigenvalue weighted by Crippen LogP contribution is 2.14. The van der Waals surface area contributed by atoms with E-state index < -0.39 is 0 Å². The zero-order valence-electron chi connectivity index (χ0n) is 7.17. The third-order valence-electron chi connectivity index (χ3n) is 1.82. The zero-order chi connectivity index (χ0) is 8.27. The van der Waals surface area contributed by atoms with Crippen LogP contribution in [0.3, 0.4) is 0 Å². The van der Waals surface area contributed by atoms with E-state index in [-0.39, 0.29) is 0 Å². The van der Waals surface area contributed by atoms with Crippen molar-refractivity contribution in [3.63, 3.8) is 0 Å². The lowest BCUT2D eigenvalue weighted by atomic mass is 10.2. The molecule has 0 bridgehead atoms. The number of nitrogens with zero attached hydrogens (tertiary/aromatic N) is 2. The molecule has 0 fully saturated rings. The lowest BCUT2D eigenvalue weighted by molar-refractivity contribution is 0.429. The van der Waals surface area contributed by atoms with Gasteiger partial charge in [0.25, 0.3) is 0 Å². The third kappa shape index (κ3) is 1.77. The Kier molecular flexibility index (Phi) is 2.60. The van der Waals surface area contributed by atoms with Gasteiger partial charge >= 0.3 is 0 Å². The molecule has 1 rings (SSSR count). The summed E-state index contributed by atoms with van der Waals surface area (Å²) in [6.07, 6.45) is 3.83. The Morgan fingerprint density at radius 1 is 1.45 bits per heavy atom. The molecule has 1 aliphatic heterocycles. The van der Waals surface area contributed by atoms with Crippen LogP contribution in [0, 0.1) is 0 Å². The molecule has 1 heterocycles. The van der Waals surface area contributed by atoms with Crippen LogP contribution in [-0.2, 0) is 0 Å². The Bertz CT molecular complexity index is 214. The summed E-state index contributed by atoms with van der Waals surface area (Å²) in [5.74, 6) is 0. The third-order valence-corrected chi connectivity index (χ3v) is 1.82. The fourth-order valence-electron chi connectivity index (χ4n) is 1.32. The summed E-state index contributed by atoms with van der Waals surface area (Å²) in [4.78, 5) is 6.24. The normalized spacial score (nSPS) is 20.2. The lowest BCUT2D eigenvalue weighted by Gasteiger charge is -2.04. The predicted octanol–water partition coefficient (Wildman–Crippen LogP) is 1.11. The van der Waals surface area contributed by atoms with E-state index in [4.69, 9.17) is 0 Å². The van der Waals surface area contributed by atoms with Crippen LogP contribution in [0.4, 0.5) is 0 Å². The van der Waals surface area contributed by atoms with E-state index in [0.717, 1.165) is 13.1 Å². The van der Waals surface area contributed by atoms with Crippen LogP contribution in [0.2, 0.25) is 0 Å². The molecule has 60 valence electrons. The van der Waals surface area contributed by atoms with Gasteiger partial charge in [0.2, 0.25) is 0 Å². The fourth-order valence-corrected chi connectivity index (χ4v) is 1.32. The topological polar surface area (TPSA) is 15.6 Å². The number of rotatable bonds is 2. The molecule has 0 radical (unpaired) electrons. The highest BCUT2D eigenvalue weighted by Gasteiger charge is 2.14. The fraction of sp³-hybridized carbons (Fsp3) is 0.444. The molecule has 0 unspecified atom stereocenters. The van der Waals surface area contributed by atoms with Crippen molar-refractivity contribution in [3.05, 3.63) is 23.8 Å². The molecule has 2 nitrogen and oxygen atoms in total. The molecule has 0 amide bonds. The minimum absolute atomic E-state index is 0.999. The van der Waals surface area contributed by atoms with Gasteiger partial charge in [-0.25, -0.2) is 0 Å². The average Bonchev–Trinajstić information content (AvgIpc) is 2.32. The Balaban J connectivity index is 2.79. The summed E-state index contributed by atoms with van der Waals surface area (Å²) in [7, 11) is 3.89. The highest BCUT2D eigenvalue weighted by atomic mass is 15.1. The maximum Gasteiger partial charge on any atom is 0.0277 e. The summed E-state index contributed by atoms with van der Waals surface area (Å²) in [6, 6.07) is 0. The first-order valence-corrected chi connectivity index (χ1v) is 3.73. The van der Waals surface area contributed by atoms with Gasteiger partial charge in [-0.15, -0.1) is 0 Å². The van der Waals surface area contributed by atoms with Crippen LogP contribution in [0.25, 0.3) is 0 Å². The van der Waals surface area contributed by atoms with Crippen molar-refractivity contribution in [3.8, 4) is 0 Å². The monoisotopic (exact) mass is 150 g/mol. The second-order valence-electron chi connectivity index (χ2n) is 2.81. The van der Waals surface area contributed by atoms with Crippen LogP contribution in [0.15, 0.2) is 28.8 Å². The second-order valence-corrected chi connectivity index (χ2v) is 2.81. The smallest absolute Gasteiger partial charge is 0.0277 e. The number of aliphatic imine (C=N–C) groups is 1. The molecule has 0 aromatic carbocycles. The van der Waals surface area contributed by atoms with Crippen LogP contribution in [0.5, 0.6) is 0 Å². The molecule has 0 aromatic rings. The molecule has 0 saturated carbocycles. The zero-order valence-corrected chi connectivity index (χ0v) is 7.17. The molecular formula is C9H14N2. The molecule has 0 N–H and O–H groups in total. The predicted molar refractivity (Wildman–Crippen MR) is 49.1 cm³/mol. The molecule has 1 aliphatic rings. The van der Waals surface area contributed by atoms with E-state index in [1.807, 2.05) is 12.3 Å². The first-order valence-electron chi connectivity index (χ1n) is 3.73. The van der Waals surface area contributed by atoms with Crippen molar-refractivity contribution in [2.24, 2.45) is 4.99 Å². The van der Waals surface area contributed by atoms with Crippen molar-refractivity contribution in [2.75, 3.05) is 27.2 Å². The van der Waals surface area contributed by atoms with Crippen LogP contribution in [0.1, 0.15) is 0 Å². The number of hydrogen-bond acceptors (Lipinski definition) is 2. The largest absolute Gasteiger partial charge is 0.298 e. The highest BCUT2D eigenvalue weighted by molar-refractivity contribution is 5.82. The maximum absolute atomic E-state index is 3.99. The number of hydrogen-bond donors (Lipinski definition) is 0. The standard InChI is InChI=1S/C9H14N2/c1-4-8-6-11(3)7-9(8)5-10-2/h4-5H,1,6-7H2,2-3H3. The van der Waals surface area contributed by atoms with Crippen molar-refractivity contribution in [2.45, 2.75) is 0 Å². The van der Waals surface area contributed by atoms with E-state index in [1.54, 1.807) is 7.05 Å². The molecule has 0 spiro atoms. The van der Waals surface area contributed by atoms with Crippen molar-refractivity contribution in [1.82, 2.24) is 4.90 Å². The van der Waals surface area contributed by atoms with E-state index in [9.17, 15) is 0 Å². The van der Waals surface area contributed by atoms with Crippen molar-refractivity contribution >= 4 is 6.21 Å². The summed E-state index contributed by atoms with van der Waals surface area (Å²) in [6.45, 7) is 5.77. The Labute approximate surface area is 67.9 Å². The molecular weight excluding hydrogens is 136 g/mol. The molecule has 0 saturated heterocycles. The van der Waals surface area contributed by atoms with E-state index in [2.05, 4.69) is 23.5 Å². The molecule has 0 atom stereocenters. The van der Waals surface area contributed by atoms with Crippen LogP contribution < -0.4 is 0 Å². The summed E-state index contributed by atoms with van der Waals surface area (Å²) < 4.78 is 0. The van der Waals surface area contributed by atoms with Gasteiger partial charge in [0.05, 0.1) is 0 Å². The maximum atomic E-state index is 3.99. The van der Waals surface area contributed by atoms with Crippen molar-refractivity contribution < 1.29 is 0 Å². The van der Waals surface area contributed by atoms with Gasteiger partial charge in [-0.2, -0.15) is 0 Å². The lowest BCUT2D eigenvalue weighted by Crippen LogP contribution is -2.14. The van der Waals surface area contributed by atoms with E-state index in [0.29, 0.717) is 0 Å². The van der Waals surface area contributed by atoms with E-state index >= 15 is 0 Å². The average molecular weight is 150 g/mol. The quantitative estimate of drug-likeness (QED) is 0.538. The SMILES string of the molecule is C=CC1=C(C=NC)CN(C)C1. The van der Waals surface area contributed by atoms with Crippen LogP contribution in [-0.4, -0.2) is 38.3 Å². The summed E-state index contributed by atoms with van der Waals surface area (Å²) in [5, 5.41) is 0. The van der Waals surface area contributed by atoms with Gasteiger partial charge in [0.1, 0.15) is 0 Å². The van der Waals surface area contributed by atoms with Crippen molar-refractivity contribution in [1.29, 1.82) is 0 Å². The first-order chi connectivity index (χ1) is 5.27. The van der Waals surface area contributed by atoms with Gasteiger partial charge in [-0.05, 0) is 18.2 Å².